The van der Waals surface area contributed by atoms with E-state index >= 15 is 0 Å². The summed E-state index contributed by atoms with van der Waals surface area (Å²) in [6.45, 7) is 1.42. The molecule has 1 saturated carbocycles. The molecule has 21 heavy (non-hydrogen) atoms. The number of rotatable bonds is 4. The zero-order valence-corrected chi connectivity index (χ0v) is 12.3. The van der Waals surface area contributed by atoms with Crippen molar-refractivity contribution in [1.82, 2.24) is 0 Å². The van der Waals surface area contributed by atoms with Crippen molar-refractivity contribution in [2.24, 2.45) is 0 Å². The van der Waals surface area contributed by atoms with E-state index < -0.39 is 5.60 Å². The number of carbonyl (C=O) groups excluding carboxylic acids is 1. The SMILES string of the molecule is C#CCC1(OC(C)=O)CCCC/C1=C\Oc1ccccc1. The third-order valence-electron chi connectivity index (χ3n) is 3.67. The van der Waals surface area contributed by atoms with Crippen LogP contribution in [0.5, 0.6) is 5.75 Å². The van der Waals surface area contributed by atoms with Crippen LogP contribution in [0.2, 0.25) is 0 Å². The summed E-state index contributed by atoms with van der Waals surface area (Å²) in [5, 5.41) is 0. The first kappa shape index (κ1) is 15.2. The molecule has 2 rings (SSSR count). The van der Waals surface area contributed by atoms with Crippen molar-refractivity contribution in [3.05, 3.63) is 42.2 Å². The van der Waals surface area contributed by atoms with Gasteiger partial charge in [-0.25, -0.2) is 0 Å². The molecule has 0 saturated heterocycles. The van der Waals surface area contributed by atoms with E-state index in [0.717, 1.165) is 37.0 Å². The molecule has 1 aliphatic rings. The normalized spacial score (nSPS) is 23.3. The fourth-order valence-electron chi connectivity index (χ4n) is 2.71. The van der Waals surface area contributed by atoms with E-state index in [1.165, 1.54) is 6.92 Å². The molecule has 0 spiro atoms. The van der Waals surface area contributed by atoms with Crippen molar-refractivity contribution in [2.45, 2.75) is 44.6 Å². The summed E-state index contributed by atoms with van der Waals surface area (Å²) in [5.74, 6) is 3.09. The van der Waals surface area contributed by atoms with Crippen molar-refractivity contribution < 1.29 is 14.3 Å². The van der Waals surface area contributed by atoms with E-state index in [1.54, 1.807) is 6.26 Å². The van der Waals surface area contributed by atoms with Gasteiger partial charge in [-0.3, -0.25) is 4.79 Å². The molecular weight excluding hydrogens is 264 g/mol. The second-order valence-electron chi connectivity index (χ2n) is 5.25. The summed E-state index contributed by atoms with van der Waals surface area (Å²) in [5.41, 5.74) is 0.263. The van der Waals surface area contributed by atoms with E-state index in [1.807, 2.05) is 30.3 Å². The van der Waals surface area contributed by atoms with Gasteiger partial charge in [0, 0.05) is 12.5 Å². The first-order chi connectivity index (χ1) is 10.2. The van der Waals surface area contributed by atoms with E-state index in [4.69, 9.17) is 15.9 Å². The highest BCUT2D eigenvalue weighted by Crippen LogP contribution is 2.39. The molecule has 0 aromatic heterocycles. The van der Waals surface area contributed by atoms with Gasteiger partial charge in [0.1, 0.15) is 11.4 Å². The molecule has 3 nitrogen and oxygen atoms in total. The zero-order chi connectivity index (χ0) is 15.1. The molecule has 1 atom stereocenters. The Balaban J connectivity index is 2.23. The summed E-state index contributed by atoms with van der Waals surface area (Å²) in [7, 11) is 0. The van der Waals surface area contributed by atoms with Crippen LogP contribution in [-0.4, -0.2) is 11.6 Å². The van der Waals surface area contributed by atoms with E-state index in [2.05, 4.69) is 5.92 Å². The minimum Gasteiger partial charge on any atom is -0.465 e. The van der Waals surface area contributed by atoms with Crippen molar-refractivity contribution in [3.8, 4) is 18.1 Å². The van der Waals surface area contributed by atoms with E-state index in [0.29, 0.717) is 6.42 Å². The number of carbonyl (C=O) groups is 1. The number of benzene rings is 1. The van der Waals surface area contributed by atoms with Gasteiger partial charge in [-0.15, -0.1) is 12.3 Å². The number of para-hydroxylation sites is 1. The Bertz CT molecular complexity index is 554. The van der Waals surface area contributed by atoms with Crippen LogP contribution < -0.4 is 4.74 Å². The average molecular weight is 284 g/mol. The van der Waals surface area contributed by atoms with Crippen molar-refractivity contribution in [1.29, 1.82) is 0 Å². The molecular formula is C18H20O3. The molecule has 1 aliphatic carbocycles. The highest BCUT2D eigenvalue weighted by Gasteiger charge is 2.39. The highest BCUT2D eigenvalue weighted by molar-refractivity contribution is 5.67. The standard InChI is InChI=1S/C18H20O3/c1-3-12-18(21-15(2)19)13-8-7-9-16(18)14-20-17-10-5-4-6-11-17/h1,4-6,10-11,14H,7-9,12-13H2,2H3/b16-14+. The lowest BCUT2D eigenvalue weighted by Gasteiger charge is -2.37. The van der Waals surface area contributed by atoms with Gasteiger partial charge in [0.15, 0.2) is 0 Å². The molecule has 0 heterocycles. The monoisotopic (exact) mass is 284 g/mol. The van der Waals surface area contributed by atoms with Crippen molar-refractivity contribution in [3.63, 3.8) is 0 Å². The van der Waals surface area contributed by atoms with E-state index in [9.17, 15) is 4.79 Å². The van der Waals surface area contributed by atoms with Crippen LogP contribution in [0.4, 0.5) is 0 Å². The summed E-state index contributed by atoms with van der Waals surface area (Å²) >= 11 is 0. The molecule has 3 heteroatoms. The van der Waals surface area contributed by atoms with Gasteiger partial charge in [0.05, 0.1) is 12.7 Å². The zero-order valence-electron chi connectivity index (χ0n) is 12.3. The molecule has 0 N–H and O–H groups in total. The van der Waals surface area contributed by atoms with Crippen molar-refractivity contribution in [2.75, 3.05) is 0 Å². The Labute approximate surface area is 126 Å². The summed E-state index contributed by atoms with van der Waals surface area (Å²) in [6.07, 6.45) is 11.2. The number of hydrogen-bond donors (Lipinski definition) is 0. The molecule has 1 fully saturated rings. The lowest BCUT2D eigenvalue weighted by atomic mass is 9.78. The van der Waals surface area contributed by atoms with Gasteiger partial charge >= 0.3 is 5.97 Å². The maximum atomic E-state index is 11.5. The highest BCUT2D eigenvalue weighted by atomic mass is 16.6. The first-order valence-corrected chi connectivity index (χ1v) is 7.20. The fraction of sp³-hybridized carbons (Fsp3) is 0.389. The van der Waals surface area contributed by atoms with E-state index in [-0.39, 0.29) is 5.97 Å². The van der Waals surface area contributed by atoms with Gasteiger partial charge in [-0.05, 0) is 37.8 Å². The quantitative estimate of drug-likeness (QED) is 0.478. The third-order valence-corrected chi connectivity index (χ3v) is 3.67. The number of hydrogen-bond acceptors (Lipinski definition) is 3. The first-order valence-electron chi connectivity index (χ1n) is 7.20. The largest absolute Gasteiger partial charge is 0.465 e. The van der Waals surface area contributed by atoms with Crippen LogP contribution in [0, 0.1) is 12.3 Å². The Morgan fingerprint density at radius 3 is 2.81 bits per heavy atom. The molecule has 1 aromatic carbocycles. The molecule has 0 bridgehead atoms. The molecule has 0 radical (unpaired) electrons. The molecule has 110 valence electrons. The van der Waals surface area contributed by atoms with Gasteiger partial charge < -0.3 is 9.47 Å². The number of terminal acetylenes is 1. The van der Waals surface area contributed by atoms with Crippen LogP contribution >= 0.6 is 0 Å². The third kappa shape index (κ3) is 3.88. The minimum atomic E-state index is -0.701. The van der Waals surface area contributed by atoms with Gasteiger partial charge in [-0.2, -0.15) is 0 Å². The summed E-state index contributed by atoms with van der Waals surface area (Å²) in [6, 6.07) is 9.52. The smallest absolute Gasteiger partial charge is 0.303 e. The Morgan fingerprint density at radius 1 is 1.38 bits per heavy atom. The van der Waals surface area contributed by atoms with Gasteiger partial charge in [0.25, 0.3) is 0 Å². The topological polar surface area (TPSA) is 35.5 Å². The molecule has 1 aromatic rings. The summed E-state index contributed by atoms with van der Waals surface area (Å²) in [4.78, 5) is 11.5. The average Bonchev–Trinajstić information content (AvgIpc) is 2.47. The molecule has 0 aliphatic heterocycles. The lowest BCUT2D eigenvalue weighted by Crippen LogP contribution is -2.39. The maximum absolute atomic E-state index is 11.5. The second-order valence-corrected chi connectivity index (χ2v) is 5.25. The number of ether oxygens (including phenoxy) is 2. The Hall–Kier alpha value is -2.21. The maximum Gasteiger partial charge on any atom is 0.303 e. The fourth-order valence-corrected chi connectivity index (χ4v) is 2.71. The Morgan fingerprint density at radius 2 is 2.14 bits per heavy atom. The predicted octanol–water partition coefficient (Wildman–Crippen LogP) is 3.85. The van der Waals surface area contributed by atoms with Crippen molar-refractivity contribution >= 4 is 5.97 Å². The second kappa shape index (κ2) is 6.99. The lowest BCUT2D eigenvalue weighted by molar-refractivity contribution is -0.154. The van der Waals surface area contributed by atoms with Crippen LogP contribution in [0.25, 0.3) is 0 Å². The van der Waals surface area contributed by atoms with Crippen LogP contribution in [-0.2, 0) is 9.53 Å². The van der Waals surface area contributed by atoms with Gasteiger partial charge in [-0.1, -0.05) is 18.2 Å². The molecule has 0 amide bonds. The van der Waals surface area contributed by atoms with Crippen LogP contribution in [0.1, 0.15) is 39.0 Å². The number of esters is 1. The van der Waals surface area contributed by atoms with Gasteiger partial charge in [0.2, 0.25) is 0 Å². The van der Waals surface area contributed by atoms with Crippen LogP contribution in [0.15, 0.2) is 42.2 Å². The van der Waals surface area contributed by atoms with Crippen LogP contribution in [0.3, 0.4) is 0 Å². The Kier molecular flexibility index (Phi) is 5.05. The minimum absolute atomic E-state index is 0.308. The predicted molar refractivity (Wildman–Crippen MR) is 81.6 cm³/mol. The summed E-state index contributed by atoms with van der Waals surface area (Å²) < 4.78 is 11.3. The molecule has 1 unspecified atom stereocenters.